The molecule has 25 heavy (non-hydrogen) atoms. The molecular formula is C14H22IN5O4S. The van der Waals surface area contributed by atoms with Gasteiger partial charge in [0, 0.05) is 31.8 Å². The summed E-state index contributed by atoms with van der Waals surface area (Å²) < 4.78 is 24.3. The predicted octanol–water partition coefficient (Wildman–Crippen LogP) is 0.983. The quantitative estimate of drug-likeness (QED) is 0.0915. The Balaban J connectivity index is 0.00000576. The van der Waals surface area contributed by atoms with Crippen molar-refractivity contribution in [1.29, 1.82) is 0 Å². The van der Waals surface area contributed by atoms with Crippen molar-refractivity contribution in [3.8, 4) is 0 Å². The number of nitrogens with one attached hydrogen (secondary N) is 3. The van der Waals surface area contributed by atoms with Crippen LogP contribution in [0.5, 0.6) is 0 Å². The van der Waals surface area contributed by atoms with E-state index in [-0.39, 0.29) is 36.2 Å². The Morgan fingerprint density at radius 3 is 2.44 bits per heavy atom. The van der Waals surface area contributed by atoms with Crippen molar-refractivity contribution in [1.82, 2.24) is 15.4 Å². The fraction of sp³-hybridized carbons (Fsp3) is 0.357. The van der Waals surface area contributed by atoms with E-state index in [1.165, 1.54) is 12.1 Å². The molecule has 0 amide bonds. The summed E-state index contributed by atoms with van der Waals surface area (Å²) >= 11 is 0. The first kappa shape index (κ1) is 23.3. The average Bonchev–Trinajstić information content (AvgIpc) is 2.52. The molecule has 0 spiro atoms. The molecule has 0 aromatic heterocycles. The summed E-state index contributed by atoms with van der Waals surface area (Å²) in [7, 11) is -3.23. The highest BCUT2D eigenvalue weighted by Crippen LogP contribution is 2.12. The lowest BCUT2D eigenvalue weighted by atomic mass is 10.2. The summed E-state index contributed by atoms with van der Waals surface area (Å²) in [5.74, 6) is 0.489. The van der Waals surface area contributed by atoms with Crippen LogP contribution in [0.3, 0.4) is 0 Å². The lowest BCUT2D eigenvalue weighted by molar-refractivity contribution is -0.384. The molecule has 0 aliphatic carbocycles. The Morgan fingerprint density at radius 1 is 1.28 bits per heavy atom. The molecule has 0 heterocycles. The lowest BCUT2D eigenvalue weighted by Crippen LogP contribution is -2.41. The minimum atomic E-state index is -3.23. The fourth-order valence-corrected chi connectivity index (χ4v) is 2.13. The number of guanidine groups is 1. The van der Waals surface area contributed by atoms with Gasteiger partial charge in [0.05, 0.1) is 17.7 Å². The Hall–Kier alpha value is -1.73. The minimum Gasteiger partial charge on any atom is -0.355 e. The van der Waals surface area contributed by atoms with Crippen molar-refractivity contribution >= 4 is 45.6 Å². The lowest BCUT2D eigenvalue weighted by Gasteiger charge is -2.11. The first-order valence-corrected chi connectivity index (χ1v) is 9.02. The van der Waals surface area contributed by atoms with Gasteiger partial charge in [0.25, 0.3) is 5.69 Å². The molecule has 3 N–H and O–H groups in total. The van der Waals surface area contributed by atoms with Gasteiger partial charge in [-0.3, -0.25) is 10.1 Å². The highest BCUT2D eigenvalue weighted by Gasteiger charge is 2.04. The highest BCUT2D eigenvalue weighted by atomic mass is 127. The summed E-state index contributed by atoms with van der Waals surface area (Å²) in [6.45, 7) is 5.00. The SMILES string of the molecule is C=CCNC(=NCc1ccc([N+](=O)[O-])cc1)NCCNS(C)(=O)=O.I. The Bertz CT molecular complexity index is 692. The van der Waals surface area contributed by atoms with Crippen LogP contribution < -0.4 is 15.4 Å². The zero-order chi connectivity index (χ0) is 18.0. The molecule has 0 radical (unpaired) electrons. The molecule has 1 rings (SSSR count). The summed E-state index contributed by atoms with van der Waals surface area (Å²) in [5.41, 5.74) is 0.840. The van der Waals surface area contributed by atoms with Crippen LogP contribution >= 0.6 is 24.0 Å². The van der Waals surface area contributed by atoms with Gasteiger partial charge in [-0.05, 0) is 5.56 Å². The second-order valence-electron chi connectivity index (χ2n) is 4.85. The topological polar surface area (TPSA) is 126 Å². The molecule has 9 nitrogen and oxygen atoms in total. The first-order chi connectivity index (χ1) is 11.3. The molecule has 1 aromatic carbocycles. The van der Waals surface area contributed by atoms with Crippen LogP contribution in [0.2, 0.25) is 0 Å². The van der Waals surface area contributed by atoms with Gasteiger partial charge < -0.3 is 10.6 Å². The highest BCUT2D eigenvalue weighted by molar-refractivity contribution is 14.0. The van der Waals surface area contributed by atoms with Gasteiger partial charge in [-0.1, -0.05) is 18.2 Å². The molecule has 0 atom stereocenters. The molecular weight excluding hydrogens is 461 g/mol. The molecule has 0 aliphatic rings. The Kier molecular flexibility index (Phi) is 10.9. The number of nitrogens with zero attached hydrogens (tertiary/aromatic N) is 2. The molecule has 11 heteroatoms. The summed E-state index contributed by atoms with van der Waals surface area (Å²) in [5, 5.41) is 16.6. The van der Waals surface area contributed by atoms with Crippen molar-refractivity contribution in [2.45, 2.75) is 6.54 Å². The molecule has 0 unspecified atom stereocenters. The number of sulfonamides is 1. The molecule has 0 saturated carbocycles. The van der Waals surface area contributed by atoms with E-state index < -0.39 is 14.9 Å². The van der Waals surface area contributed by atoms with Crippen molar-refractivity contribution < 1.29 is 13.3 Å². The van der Waals surface area contributed by atoms with E-state index in [1.807, 2.05) is 0 Å². The van der Waals surface area contributed by atoms with Gasteiger partial charge >= 0.3 is 0 Å². The van der Waals surface area contributed by atoms with Gasteiger partial charge in [0.2, 0.25) is 10.0 Å². The Labute approximate surface area is 164 Å². The van der Waals surface area contributed by atoms with E-state index in [2.05, 4.69) is 26.9 Å². The van der Waals surface area contributed by atoms with Gasteiger partial charge in [0.1, 0.15) is 0 Å². The van der Waals surface area contributed by atoms with Crippen LogP contribution in [-0.2, 0) is 16.6 Å². The monoisotopic (exact) mass is 483 g/mol. The second kappa shape index (κ2) is 11.8. The molecule has 140 valence electrons. The van der Waals surface area contributed by atoms with Crippen molar-refractivity contribution in [3.05, 3.63) is 52.6 Å². The molecule has 0 aliphatic heterocycles. The van der Waals surface area contributed by atoms with Crippen molar-refractivity contribution in [2.24, 2.45) is 4.99 Å². The minimum absolute atomic E-state index is 0. The van der Waals surface area contributed by atoms with Crippen molar-refractivity contribution in [3.63, 3.8) is 0 Å². The summed E-state index contributed by atoms with van der Waals surface area (Å²) in [6, 6.07) is 6.12. The smallest absolute Gasteiger partial charge is 0.269 e. The van der Waals surface area contributed by atoms with Crippen LogP contribution in [0, 0.1) is 10.1 Å². The number of nitro groups is 1. The molecule has 1 aromatic rings. The first-order valence-electron chi connectivity index (χ1n) is 7.13. The van der Waals surface area contributed by atoms with Crippen LogP contribution in [0.25, 0.3) is 0 Å². The summed E-state index contributed by atoms with van der Waals surface area (Å²) in [6.07, 6.45) is 2.75. The van der Waals surface area contributed by atoms with Gasteiger partial charge in [-0.15, -0.1) is 30.6 Å². The number of rotatable bonds is 9. The van der Waals surface area contributed by atoms with Crippen LogP contribution in [0.15, 0.2) is 41.9 Å². The number of non-ortho nitro benzene ring substituents is 1. The van der Waals surface area contributed by atoms with E-state index in [0.717, 1.165) is 11.8 Å². The Morgan fingerprint density at radius 2 is 1.92 bits per heavy atom. The van der Waals surface area contributed by atoms with Gasteiger partial charge in [-0.2, -0.15) is 0 Å². The van der Waals surface area contributed by atoms with Gasteiger partial charge in [-0.25, -0.2) is 18.1 Å². The van der Waals surface area contributed by atoms with E-state index in [4.69, 9.17) is 0 Å². The largest absolute Gasteiger partial charge is 0.355 e. The van der Waals surface area contributed by atoms with E-state index in [9.17, 15) is 18.5 Å². The standard InChI is InChI=1S/C14H21N5O4S.HI/c1-3-8-15-14(16-9-10-18-24(2,22)23)17-11-12-4-6-13(7-5-12)19(20)21;/h3-7,18H,1,8-11H2,2H3,(H2,15,16,17);1H. The predicted molar refractivity (Wildman–Crippen MR) is 109 cm³/mol. The maximum absolute atomic E-state index is 11.0. The number of hydrogen-bond acceptors (Lipinski definition) is 5. The van der Waals surface area contributed by atoms with Crippen LogP contribution in [0.1, 0.15) is 5.56 Å². The van der Waals surface area contributed by atoms with Crippen LogP contribution in [0.4, 0.5) is 5.69 Å². The second-order valence-corrected chi connectivity index (χ2v) is 6.68. The third-order valence-corrected chi connectivity index (χ3v) is 3.49. The molecule has 0 bridgehead atoms. The normalized spacial score (nSPS) is 11.3. The molecule has 0 fully saturated rings. The number of halogens is 1. The molecule has 0 saturated heterocycles. The van der Waals surface area contributed by atoms with Gasteiger partial charge in [0.15, 0.2) is 5.96 Å². The number of nitro benzene ring substituents is 1. The number of aliphatic imine (C=N–C) groups is 1. The van der Waals surface area contributed by atoms with E-state index >= 15 is 0 Å². The maximum atomic E-state index is 11.0. The zero-order valence-corrected chi connectivity index (χ0v) is 16.9. The zero-order valence-electron chi connectivity index (χ0n) is 13.8. The van der Waals surface area contributed by atoms with Crippen LogP contribution in [-0.4, -0.2) is 45.2 Å². The number of benzene rings is 1. The fourth-order valence-electron chi connectivity index (χ4n) is 1.65. The maximum Gasteiger partial charge on any atom is 0.269 e. The third kappa shape index (κ3) is 10.7. The van der Waals surface area contributed by atoms with E-state index in [1.54, 1.807) is 18.2 Å². The number of hydrogen-bond donors (Lipinski definition) is 3. The average molecular weight is 483 g/mol. The summed E-state index contributed by atoms with van der Waals surface area (Å²) in [4.78, 5) is 14.5. The third-order valence-electron chi connectivity index (χ3n) is 2.76. The van der Waals surface area contributed by atoms with Crippen molar-refractivity contribution in [2.75, 3.05) is 25.9 Å². The van der Waals surface area contributed by atoms with E-state index in [0.29, 0.717) is 25.6 Å².